The predicted molar refractivity (Wildman–Crippen MR) is 468 cm³/mol. The van der Waals surface area contributed by atoms with Crippen LogP contribution in [0.5, 0.6) is 51.7 Å². The lowest BCUT2D eigenvalue weighted by Gasteiger charge is -2.21. The summed E-state index contributed by atoms with van der Waals surface area (Å²) in [6.07, 6.45) is 36.5. The topological polar surface area (TPSA) is 154 Å². The standard InChI is InChI=1S/C102H123N3O9/c1-4-7-28-64-109-97-70-91-94(73-100(97)112-67-34-25-19-13-10-16-22-31-61-106-88-55-49-85(50-56-88)82-43-37-79(76-103)38-44-82)92-71-98(110-65-29-8-5-2)102(114-69-36-27-21-15-12-18-24-33-63-108-90-59-53-87(54-60-90)84-47-41-81(78-105)42-48-84)75-96(92)93-72-99(111-66-30-9-6-3)101(74-95(91)93)113-68-35-26-20-14-11-17-23-32-62-107-89-57-51-86(52-58-89)83-45-39-80(77-104)40-46-83/h37-60,70-75H,4-36,61-69H2,1-3H3. The number of nitrogens with zero attached hydrogens (tertiary/aromatic N) is 3. The molecule has 0 amide bonds. The lowest BCUT2D eigenvalue weighted by Crippen LogP contribution is -2.05. The average Bonchev–Trinajstić information content (AvgIpc) is 0.725. The van der Waals surface area contributed by atoms with Crippen LogP contribution in [0.15, 0.2) is 182 Å². The summed E-state index contributed by atoms with van der Waals surface area (Å²) in [6.45, 7) is 12.4. The molecule has 10 aromatic carbocycles. The van der Waals surface area contributed by atoms with Crippen LogP contribution in [-0.2, 0) is 0 Å². The Bertz CT molecular complexity index is 4060. The zero-order chi connectivity index (χ0) is 79.3. The lowest BCUT2D eigenvalue weighted by molar-refractivity contribution is 0.259. The summed E-state index contributed by atoms with van der Waals surface area (Å²) < 4.78 is 59.5. The van der Waals surface area contributed by atoms with Crippen LogP contribution in [0.4, 0.5) is 0 Å². The van der Waals surface area contributed by atoms with Crippen molar-refractivity contribution in [1.82, 2.24) is 0 Å². The van der Waals surface area contributed by atoms with Gasteiger partial charge < -0.3 is 42.6 Å². The van der Waals surface area contributed by atoms with Gasteiger partial charge in [0.1, 0.15) is 17.2 Å². The quantitative estimate of drug-likeness (QED) is 0.0263. The fourth-order valence-corrected chi connectivity index (χ4v) is 14.6. The Labute approximate surface area is 681 Å². The third kappa shape index (κ3) is 28.3. The van der Waals surface area contributed by atoms with E-state index in [0.29, 0.717) is 76.2 Å². The smallest absolute Gasteiger partial charge is 0.161 e. The maximum Gasteiger partial charge on any atom is 0.161 e. The number of hydrogen-bond acceptors (Lipinski definition) is 12. The molecule has 0 spiro atoms. The molecule has 0 fully saturated rings. The third-order valence-corrected chi connectivity index (χ3v) is 21.4. The van der Waals surface area contributed by atoms with Gasteiger partial charge in [-0.2, -0.15) is 15.8 Å². The Morgan fingerprint density at radius 2 is 0.333 bits per heavy atom. The zero-order valence-electron chi connectivity index (χ0n) is 68.5. The van der Waals surface area contributed by atoms with E-state index in [-0.39, 0.29) is 0 Å². The summed E-state index contributed by atoms with van der Waals surface area (Å²) in [5, 5.41) is 34.0. The molecule has 114 heavy (non-hydrogen) atoms. The van der Waals surface area contributed by atoms with E-state index in [0.717, 1.165) is 252 Å². The Hall–Kier alpha value is -10.4. The van der Waals surface area contributed by atoms with Crippen LogP contribution < -0.4 is 42.6 Å². The maximum atomic E-state index is 9.18. The highest BCUT2D eigenvalue weighted by Crippen LogP contribution is 2.48. The van der Waals surface area contributed by atoms with Crippen LogP contribution in [0.25, 0.3) is 65.7 Å². The minimum atomic E-state index is 0.598. The highest BCUT2D eigenvalue weighted by molar-refractivity contribution is 6.27. The van der Waals surface area contributed by atoms with Gasteiger partial charge in [-0.1, -0.05) is 248 Å². The molecule has 0 aromatic heterocycles. The van der Waals surface area contributed by atoms with E-state index in [2.05, 4.69) is 112 Å². The molecule has 0 radical (unpaired) electrons. The number of unbranched alkanes of at least 4 members (excludes halogenated alkanes) is 27. The Kier molecular flexibility index (Phi) is 37.7. The first-order valence-electron chi connectivity index (χ1n) is 43.4. The number of fused-ring (bicyclic) bond motifs is 6. The molecule has 12 heteroatoms. The molecule has 0 aliphatic heterocycles. The van der Waals surface area contributed by atoms with E-state index in [1.54, 1.807) is 0 Å². The predicted octanol–water partition coefficient (Wildman–Crippen LogP) is 28.2. The van der Waals surface area contributed by atoms with Crippen molar-refractivity contribution < 1.29 is 42.6 Å². The Morgan fingerprint density at radius 3 is 0.500 bits per heavy atom. The fraction of sp³-hybridized carbons (Fsp3) is 0.441. The van der Waals surface area contributed by atoms with Gasteiger partial charge >= 0.3 is 0 Å². The molecule has 10 rings (SSSR count). The number of ether oxygens (including phenoxy) is 9. The molecule has 600 valence electrons. The van der Waals surface area contributed by atoms with E-state index in [9.17, 15) is 15.8 Å². The van der Waals surface area contributed by atoms with Gasteiger partial charge in [0, 0.05) is 0 Å². The first-order valence-corrected chi connectivity index (χ1v) is 43.4. The average molecular weight is 1540 g/mol. The van der Waals surface area contributed by atoms with Crippen molar-refractivity contribution in [3.05, 3.63) is 199 Å². The largest absolute Gasteiger partial charge is 0.494 e. The van der Waals surface area contributed by atoms with Crippen molar-refractivity contribution in [1.29, 1.82) is 15.8 Å². The first kappa shape index (κ1) is 86.1. The molecule has 0 heterocycles. The van der Waals surface area contributed by atoms with E-state index >= 15 is 0 Å². The number of nitriles is 3. The molecule has 0 saturated carbocycles. The molecule has 0 N–H and O–H groups in total. The second-order valence-electron chi connectivity index (χ2n) is 30.4. The van der Waals surface area contributed by atoms with Crippen molar-refractivity contribution >= 4 is 32.3 Å². The van der Waals surface area contributed by atoms with Crippen LogP contribution in [0.2, 0.25) is 0 Å². The van der Waals surface area contributed by atoms with Crippen molar-refractivity contribution in [2.24, 2.45) is 0 Å². The molecule has 0 aliphatic rings. The van der Waals surface area contributed by atoms with E-state index in [1.165, 1.54) is 77.0 Å². The van der Waals surface area contributed by atoms with Crippen molar-refractivity contribution in [3.8, 4) is 103 Å². The van der Waals surface area contributed by atoms with Crippen LogP contribution >= 0.6 is 0 Å². The SMILES string of the molecule is CCCCCOc1cc2c(cc1OCCCCCCCCCCOc1ccc(-c3ccc(C#N)cc3)cc1)c1cc(OCCCCC)c(OCCCCCCCCCCOc3ccc(-c4ccc(C#N)cc4)cc3)cc1c1cc(OCCCCC)c(OCCCCCCCCCCOc3ccc(-c4ccc(C#N)cc4)cc3)cc21. The molecule has 0 unspecified atom stereocenters. The summed E-state index contributed by atoms with van der Waals surface area (Å²) in [5.41, 5.74) is 8.59. The molecular formula is C102H123N3O9. The van der Waals surface area contributed by atoms with Crippen molar-refractivity contribution in [3.63, 3.8) is 0 Å². The van der Waals surface area contributed by atoms with Gasteiger partial charge in [0.05, 0.1) is 94.4 Å². The molecular weight excluding hydrogens is 1410 g/mol. The van der Waals surface area contributed by atoms with Gasteiger partial charge in [-0.05, 0) is 233 Å². The molecule has 10 aromatic rings. The van der Waals surface area contributed by atoms with Crippen LogP contribution in [0.1, 0.15) is 249 Å². The summed E-state index contributed by atoms with van der Waals surface area (Å²) in [7, 11) is 0. The fourth-order valence-electron chi connectivity index (χ4n) is 14.6. The molecule has 0 atom stereocenters. The number of rotatable bonds is 57. The van der Waals surface area contributed by atoms with Crippen LogP contribution in [0.3, 0.4) is 0 Å². The number of benzene rings is 10. The first-order chi connectivity index (χ1) is 56.3. The van der Waals surface area contributed by atoms with Crippen LogP contribution in [-0.4, -0.2) is 59.5 Å². The van der Waals surface area contributed by atoms with Gasteiger partial charge in [0.15, 0.2) is 34.5 Å². The highest BCUT2D eigenvalue weighted by Gasteiger charge is 2.22. The normalized spacial score (nSPS) is 11.2. The van der Waals surface area contributed by atoms with E-state index in [1.807, 2.05) is 109 Å². The van der Waals surface area contributed by atoms with Crippen molar-refractivity contribution in [2.75, 3.05) is 59.5 Å². The third-order valence-electron chi connectivity index (χ3n) is 21.4. The molecule has 0 bridgehead atoms. The van der Waals surface area contributed by atoms with Gasteiger partial charge in [-0.25, -0.2) is 0 Å². The van der Waals surface area contributed by atoms with Crippen LogP contribution in [0, 0.1) is 34.0 Å². The minimum absolute atomic E-state index is 0.598. The summed E-state index contributed by atoms with van der Waals surface area (Å²) >= 11 is 0. The second-order valence-corrected chi connectivity index (χ2v) is 30.4. The van der Waals surface area contributed by atoms with E-state index in [4.69, 9.17) is 42.6 Å². The Balaban J connectivity index is 0.775. The maximum absolute atomic E-state index is 9.18. The Morgan fingerprint density at radius 1 is 0.184 bits per heavy atom. The summed E-state index contributed by atoms with van der Waals surface area (Å²) in [6, 6.07) is 67.8. The van der Waals surface area contributed by atoms with Gasteiger partial charge in [-0.15, -0.1) is 0 Å². The molecule has 0 aliphatic carbocycles. The van der Waals surface area contributed by atoms with Gasteiger partial charge in [0.2, 0.25) is 0 Å². The monoisotopic (exact) mass is 1530 g/mol. The highest BCUT2D eigenvalue weighted by atomic mass is 16.5. The number of hydrogen-bond donors (Lipinski definition) is 0. The lowest BCUT2D eigenvalue weighted by atomic mass is 9.93. The zero-order valence-corrected chi connectivity index (χ0v) is 68.5. The van der Waals surface area contributed by atoms with Crippen molar-refractivity contribution in [2.45, 2.75) is 233 Å². The summed E-state index contributed by atoms with van der Waals surface area (Å²) in [5.74, 6) is 7.27. The molecule has 12 nitrogen and oxygen atoms in total. The molecule has 0 saturated heterocycles. The van der Waals surface area contributed by atoms with Gasteiger partial charge in [-0.3, -0.25) is 0 Å². The second kappa shape index (κ2) is 50.0. The summed E-state index contributed by atoms with van der Waals surface area (Å²) in [4.78, 5) is 0. The van der Waals surface area contributed by atoms with E-state index < -0.39 is 0 Å². The minimum Gasteiger partial charge on any atom is -0.494 e. The van der Waals surface area contributed by atoms with Gasteiger partial charge in [0.25, 0.3) is 0 Å².